The molecule has 2 aromatic heterocycles. The lowest BCUT2D eigenvalue weighted by molar-refractivity contribution is 0.103. The van der Waals surface area contributed by atoms with Crippen molar-refractivity contribution in [1.82, 2.24) is 9.97 Å². The van der Waals surface area contributed by atoms with E-state index in [1.165, 1.54) is 33.8 Å². The first-order valence-corrected chi connectivity index (χ1v) is 10.1. The summed E-state index contributed by atoms with van der Waals surface area (Å²) >= 11 is 2.78. The van der Waals surface area contributed by atoms with Crippen LogP contribution in [0.5, 0.6) is 0 Å². The quantitative estimate of drug-likeness (QED) is 0.444. The average Bonchev–Trinajstić information content (AvgIpc) is 3.33. The molecule has 4 rings (SSSR count). The van der Waals surface area contributed by atoms with Gasteiger partial charge < -0.3 is 0 Å². The largest absolute Gasteiger partial charge is 0.283 e. The highest BCUT2D eigenvalue weighted by molar-refractivity contribution is 7.15. The monoisotopic (exact) mass is 376 g/mol. The molecule has 2 aromatic carbocycles. The van der Waals surface area contributed by atoms with Crippen LogP contribution in [-0.2, 0) is 12.8 Å². The Morgan fingerprint density at radius 3 is 1.54 bits per heavy atom. The fourth-order valence-electron chi connectivity index (χ4n) is 2.69. The molecule has 0 saturated carbocycles. The molecule has 0 aliphatic carbocycles. The van der Waals surface area contributed by atoms with Crippen LogP contribution in [0.15, 0.2) is 71.4 Å². The molecule has 2 heterocycles. The summed E-state index contributed by atoms with van der Waals surface area (Å²) in [6.45, 7) is 0. The molecule has 0 amide bonds. The minimum atomic E-state index is -0.0846. The van der Waals surface area contributed by atoms with E-state index in [-0.39, 0.29) is 5.78 Å². The van der Waals surface area contributed by atoms with Gasteiger partial charge in [0.05, 0.1) is 11.4 Å². The molecular formula is C21H16N2OS2. The molecule has 0 radical (unpaired) electrons. The van der Waals surface area contributed by atoms with Gasteiger partial charge in [0.2, 0.25) is 5.78 Å². The van der Waals surface area contributed by atoms with E-state index in [0.29, 0.717) is 10.0 Å². The molecule has 0 atom stereocenters. The molecule has 0 aliphatic heterocycles. The van der Waals surface area contributed by atoms with Crippen molar-refractivity contribution in [2.45, 2.75) is 12.8 Å². The number of carbonyl (C=O) groups is 1. The van der Waals surface area contributed by atoms with Crippen molar-refractivity contribution in [2.24, 2.45) is 0 Å². The molecule has 0 saturated heterocycles. The third kappa shape index (κ3) is 3.95. The van der Waals surface area contributed by atoms with Crippen molar-refractivity contribution < 1.29 is 4.79 Å². The summed E-state index contributed by atoms with van der Waals surface area (Å²) in [5.74, 6) is -0.0846. The minimum Gasteiger partial charge on any atom is -0.283 e. The van der Waals surface area contributed by atoms with Crippen molar-refractivity contribution in [1.29, 1.82) is 0 Å². The number of rotatable bonds is 6. The maximum atomic E-state index is 12.7. The Bertz CT molecular complexity index is 925. The zero-order valence-corrected chi connectivity index (χ0v) is 15.6. The van der Waals surface area contributed by atoms with Crippen molar-refractivity contribution >= 4 is 28.5 Å². The van der Waals surface area contributed by atoms with Gasteiger partial charge in [-0.25, -0.2) is 9.97 Å². The highest BCUT2D eigenvalue weighted by Crippen LogP contribution is 2.21. The molecule has 0 spiro atoms. The normalized spacial score (nSPS) is 10.8. The fourth-order valence-corrected chi connectivity index (χ4v) is 4.27. The lowest BCUT2D eigenvalue weighted by Crippen LogP contribution is -2.01. The van der Waals surface area contributed by atoms with Gasteiger partial charge in [-0.2, -0.15) is 0 Å². The fraction of sp³-hybridized carbons (Fsp3) is 0.0952. The van der Waals surface area contributed by atoms with Crippen LogP contribution >= 0.6 is 22.7 Å². The molecule has 4 aromatic rings. The Hall–Kier alpha value is -2.63. The topological polar surface area (TPSA) is 42.9 Å². The Kier molecular flexibility index (Phi) is 5.00. The van der Waals surface area contributed by atoms with Gasteiger partial charge in [0, 0.05) is 23.6 Å². The first-order valence-electron chi connectivity index (χ1n) is 8.29. The summed E-state index contributed by atoms with van der Waals surface area (Å²) < 4.78 is 0. The van der Waals surface area contributed by atoms with Crippen LogP contribution in [0.25, 0.3) is 0 Å². The van der Waals surface area contributed by atoms with Crippen LogP contribution in [0.4, 0.5) is 0 Å². The van der Waals surface area contributed by atoms with Gasteiger partial charge in [-0.05, 0) is 11.1 Å². The van der Waals surface area contributed by atoms with Gasteiger partial charge in [0.15, 0.2) is 10.0 Å². The molecular weight excluding hydrogens is 360 g/mol. The molecule has 128 valence electrons. The smallest absolute Gasteiger partial charge is 0.250 e. The van der Waals surface area contributed by atoms with Crippen LogP contribution in [0.1, 0.15) is 37.3 Å². The maximum Gasteiger partial charge on any atom is 0.250 e. The molecule has 0 fully saturated rings. The Labute approximate surface area is 160 Å². The van der Waals surface area contributed by atoms with Crippen LogP contribution in [0.2, 0.25) is 0 Å². The van der Waals surface area contributed by atoms with E-state index in [2.05, 4.69) is 34.2 Å². The Morgan fingerprint density at radius 2 is 1.12 bits per heavy atom. The average molecular weight is 377 g/mol. The Morgan fingerprint density at radius 1 is 0.692 bits per heavy atom. The number of carbonyl (C=O) groups excluding carboxylic acids is 1. The zero-order chi connectivity index (χ0) is 17.8. The van der Waals surface area contributed by atoms with Crippen molar-refractivity contribution in [3.63, 3.8) is 0 Å². The van der Waals surface area contributed by atoms with Gasteiger partial charge in [-0.1, -0.05) is 60.7 Å². The van der Waals surface area contributed by atoms with Gasteiger partial charge in [0.1, 0.15) is 0 Å². The SMILES string of the molecule is O=C(c1nc(Cc2ccccc2)cs1)c1nc(Cc2ccccc2)cs1. The van der Waals surface area contributed by atoms with Crippen molar-refractivity contribution in [2.75, 3.05) is 0 Å². The number of ketones is 1. The molecule has 0 aliphatic rings. The second kappa shape index (κ2) is 7.72. The predicted molar refractivity (Wildman–Crippen MR) is 106 cm³/mol. The van der Waals surface area contributed by atoms with Gasteiger partial charge >= 0.3 is 0 Å². The zero-order valence-electron chi connectivity index (χ0n) is 14.0. The highest BCUT2D eigenvalue weighted by atomic mass is 32.1. The van der Waals surface area contributed by atoms with E-state index < -0.39 is 0 Å². The first kappa shape index (κ1) is 16.8. The number of hydrogen-bond donors (Lipinski definition) is 0. The van der Waals surface area contributed by atoms with E-state index in [0.717, 1.165) is 24.2 Å². The minimum absolute atomic E-state index is 0.0846. The van der Waals surface area contributed by atoms with E-state index >= 15 is 0 Å². The van der Waals surface area contributed by atoms with Gasteiger partial charge in [0.25, 0.3) is 0 Å². The third-order valence-corrected chi connectivity index (χ3v) is 5.73. The number of hydrogen-bond acceptors (Lipinski definition) is 5. The molecule has 0 bridgehead atoms. The Balaban J connectivity index is 1.46. The maximum absolute atomic E-state index is 12.7. The summed E-state index contributed by atoms with van der Waals surface area (Å²) in [6.07, 6.45) is 1.48. The van der Waals surface area contributed by atoms with Crippen LogP contribution in [0, 0.1) is 0 Å². The van der Waals surface area contributed by atoms with Gasteiger partial charge in [-0.15, -0.1) is 22.7 Å². The summed E-state index contributed by atoms with van der Waals surface area (Å²) in [6, 6.07) is 20.3. The second-order valence-electron chi connectivity index (χ2n) is 5.94. The standard InChI is InChI=1S/C21H16N2OS2/c24-19(20-22-17(13-25-20)11-15-7-3-1-4-8-15)21-23-18(14-26-21)12-16-9-5-2-6-10-16/h1-10,13-14H,11-12H2. The van der Waals surface area contributed by atoms with E-state index in [1.807, 2.05) is 47.2 Å². The first-order chi connectivity index (χ1) is 12.8. The predicted octanol–water partition coefficient (Wildman–Crippen LogP) is 5.01. The number of nitrogens with zero attached hydrogens (tertiary/aromatic N) is 2. The van der Waals surface area contributed by atoms with Crippen LogP contribution < -0.4 is 0 Å². The highest BCUT2D eigenvalue weighted by Gasteiger charge is 2.17. The summed E-state index contributed by atoms with van der Waals surface area (Å²) in [5.41, 5.74) is 4.23. The lowest BCUT2D eigenvalue weighted by Gasteiger charge is -1.97. The van der Waals surface area contributed by atoms with Crippen LogP contribution in [0.3, 0.4) is 0 Å². The van der Waals surface area contributed by atoms with Crippen molar-refractivity contribution in [3.8, 4) is 0 Å². The number of aromatic nitrogens is 2. The molecule has 26 heavy (non-hydrogen) atoms. The van der Waals surface area contributed by atoms with E-state index in [1.54, 1.807) is 0 Å². The van der Waals surface area contributed by atoms with Gasteiger partial charge in [-0.3, -0.25) is 4.79 Å². The summed E-state index contributed by atoms with van der Waals surface area (Å²) in [4.78, 5) is 21.7. The molecule has 0 N–H and O–H groups in total. The molecule has 0 unspecified atom stereocenters. The molecule has 5 heteroatoms. The van der Waals surface area contributed by atoms with E-state index in [9.17, 15) is 4.79 Å². The summed E-state index contributed by atoms with van der Waals surface area (Å²) in [5, 5.41) is 4.94. The van der Waals surface area contributed by atoms with E-state index in [4.69, 9.17) is 0 Å². The number of benzene rings is 2. The van der Waals surface area contributed by atoms with Crippen molar-refractivity contribution in [3.05, 3.63) is 104 Å². The lowest BCUT2D eigenvalue weighted by atomic mass is 10.1. The third-order valence-electron chi connectivity index (χ3n) is 3.95. The summed E-state index contributed by atoms with van der Waals surface area (Å²) in [7, 11) is 0. The second-order valence-corrected chi connectivity index (χ2v) is 7.66. The number of thiazole rings is 2. The molecule has 3 nitrogen and oxygen atoms in total. The van der Waals surface area contributed by atoms with Crippen LogP contribution in [-0.4, -0.2) is 15.8 Å².